The Bertz CT molecular complexity index is 1180. The molecule has 0 heterocycles. The molecule has 164 valence electrons. The summed E-state index contributed by atoms with van der Waals surface area (Å²) in [7, 11) is -4.03. The molecule has 0 aromatic heterocycles. The monoisotopic (exact) mass is 442 g/mol. The SMILES string of the molecule is CC(C)OCCCNc1ccccc1S(=O)(=O)Nc1ccc2ccccc2c1C(=O)O. The largest absolute Gasteiger partial charge is 0.478 e. The van der Waals surface area contributed by atoms with Crippen LogP contribution < -0.4 is 10.0 Å². The minimum Gasteiger partial charge on any atom is -0.478 e. The molecule has 7 nitrogen and oxygen atoms in total. The molecule has 0 fully saturated rings. The molecule has 0 unspecified atom stereocenters. The van der Waals surface area contributed by atoms with Crippen molar-refractivity contribution in [2.75, 3.05) is 23.2 Å². The van der Waals surface area contributed by atoms with E-state index in [1.54, 1.807) is 48.5 Å². The Morgan fingerprint density at radius 2 is 1.71 bits per heavy atom. The summed E-state index contributed by atoms with van der Waals surface area (Å²) in [4.78, 5) is 12.0. The van der Waals surface area contributed by atoms with Gasteiger partial charge in [-0.25, -0.2) is 13.2 Å². The number of hydrogen-bond donors (Lipinski definition) is 3. The van der Waals surface area contributed by atoms with E-state index in [9.17, 15) is 18.3 Å². The highest BCUT2D eigenvalue weighted by Gasteiger charge is 2.22. The van der Waals surface area contributed by atoms with Gasteiger partial charge in [0.15, 0.2) is 0 Å². The fourth-order valence-electron chi connectivity index (χ4n) is 3.25. The predicted molar refractivity (Wildman–Crippen MR) is 122 cm³/mol. The highest BCUT2D eigenvalue weighted by Crippen LogP contribution is 2.30. The number of hydrogen-bond acceptors (Lipinski definition) is 5. The van der Waals surface area contributed by atoms with Crippen molar-refractivity contribution >= 4 is 38.1 Å². The fourth-order valence-corrected chi connectivity index (χ4v) is 4.51. The summed E-state index contributed by atoms with van der Waals surface area (Å²) in [5.74, 6) is -1.20. The molecule has 0 amide bonds. The lowest BCUT2D eigenvalue weighted by atomic mass is 10.0. The van der Waals surface area contributed by atoms with Gasteiger partial charge >= 0.3 is 5.97 Å². The van der Waals surface area contributed by atoms with E-state index in [0.29, 0.717) is 36.0 Å². The highest BCUT2D eigenvalue weighted by molar-refractivity contribution is 7.92. The third kappa shape index (κ3) is 5.53. The van der Waals surface area contributed by atoms with E-state index in [4.69, 9.17) is 4.74 Å². The number of rotatable bonds is 10. The summed E-state index contributed by atoms with van der Waals surface area (Å²) in [5.41, 5.74) is 0.376. The molecule has 0 bridgehead atoms. The number of aromatic carboxylic acids is 1. The van der Waals surface area contributed by atoms with Gasteiger partial charge in [-0.2, -0.15) is 0 Å². The van der Waals surface area contributed by atoms with Crippen molar-refractivity contribution in [3.8, 4) is 0 Å². The van der Waals surface area contributed by atoms with Crippen molar-refractivity contribution < 1.29 is 23.1 Å². The Hall–Kier alpha value is -3.10. The van der Waals surface area contributed by atoms with Crippen LogP contribution in [0.1, 0.15) is 30.6 Å². The minimum atomic E-state index is -4.03. The quantitative estimate of drug-likeness (QED) is 0.398. The standard InChI is InChI=1S/C23H26N2O5S/c1-16(2)30-15-7-14-24-19-10-5-6-11-21(19)31(28,29)25-20-13-12-17-8-3-4-9-18(17)22(20)23(26)27/h3-6,8-13,16,24-25H,7,14-15H2,1-2H3,(H,26,27). The molecule has 3 rings (SSSR count). The van der Waals surface area contributed by atoms with Gasteiger partial charge in [0.1, 0.15) is 4.90 Å². The van der Waals surface area contributed by atoms with Crippen LogP contribution in [-0.4, -0.2) is 38.7 Å². The summed E-state index contributed by atoms with van der Waals surface area (Å²) in [6, 6.07) is 16.6. The topological polar surface area (TPSA) is 105 Å². The second-order valence-corrected chi connectivity index (χ2v) is 8.97. The predicted octanol–water partition coefficient (Wildman–Crippen LogP) is 4.57. The van der Waals surface area contributed by atoms with Crippen LogP contribution in [0, 0.1) is 0 Å². The first kappa shape index (κ1) is 22.6. The lowest BCUT2D eigenvalue weighted by molar-refractivity contribution is 0.0700. The van der Waals surface area contributed by atoms with Crippen LogP contribution in [0.3, 0.4) is 0 Å². The van der Waals surface area contributed by atoms with Crippen LogP contribution in [0.2, 0.25) is 0 Å². The summed E-state index contributed by atoms with van der Waals surface area (Å²) in [6.45, 7) is 5.02. The second kappa shape index (κ2) is 9.80. The zero-order valence-electron chi connectivity index (χ0n) is 17.5. The maximum atomic E-state index is 13.1. The highest BCUT2D eigenvalue weighted by atomic mass is 32.2. The number of sulfonamides is 1. The lowest BCUT2D eigenvalue weighted by Crippen LogP contribution is -2.18. The molecule has 3 N–H and O–H groups in total. The smallest absolute Gasteiger partial charge is 0.338 e. The van der Waals surface area contributed by atoms with Gasteiger partial charge < -0.3 is 15.2 Å². The van der Waals surface area contributed by atoms with Crippen molar-refractivity contribution in [1.29, 1.82) is 0 Å². The Balaban J connectivity index is 1.87. The Morgan fingerprint density at radius 3 is 2.45 bits per heavy atom. The van der Waals surface area contributed by atoms with Gasteiger partial charge in [0.25, 0.3) is 10.0 Å². The maximum Gasteiger partial charge on any atom is 0.338 e. The number of fused-ring (bicyclic) bond motifs is 1. The minimum absolute atomic E-state index is 0.0198. The average molecular weight is 443 g/mol. The van der Waals surface area contributed by atoms with Crippen LogP contribution in [0.5, 0.6) is 0 Å². The molecule has 0 atom stereocenters. The lowest BCUT2D eigenvalue weighted by Gasteiger charge is -2.16. The molecule has 0 aliphatic carbocycles. The number of carboxylic acids is 1. The van der Waals surface area contributed by atoms with Gasteiger partial charge in [0.2, 0.25) is 0 Å². The summed E-state index contributed by atoms with van der Waals surface area (Å²) in [6.07, 6.45) is 0.857. The number of nitrogens with one attached hydrogen (secondary N) is 2. The molecular formula is C23H26N2O5S. The molecule has 0 saturated carbocycles. The van der Waals surface area contributed by atoms with Crippen LogP contribution in [0.25, 0.3) is 10.8 Å². The van der Waals surface area contributed by atoms with Gasteiger partial charge in [-0.1, -0.05) is 42.5 Å². The first-order valence-corrected chi connectivity index (χ1v) is 11.5. The first-order valence-electron chi connectivity index (χ1n) is 10.0. The Labute approximate surface area is 182 Å². The van der Waals surface area contributed by atoms with Gasteiger partial charge in [0.05, 0.1) is 23.0 Å². The number of para-hydroxylation sites is 1. The summed E-state index contributed by atoms with van der Waals surface area (Å²) >= 11 is 0. The fraction of sp³-hybridized carbons (Fsp3) is 0.261. The van der Waals surface area contributed by atoms with E-state index in [0.717, 1.165) is 0 Å². The molecule has 0 spiro atoms. The van der Waals surface area contributed by atoms with Crippen molar-refractivity contribution in [2.45, 2.75) is 31.3 Å². The van der Waals surface area contributed by atoms with E-state index in [1.807, 2.05) is 13.8 Å². The molecule has 0 radical (unpaired) electrons. The molecule has 3 aromatic carbocycles. The number of benzene rings is 3. The first-order chi connectivity index (χ1) is 14.8. The van der Waals surface area contributed by atoms with Crippen molar-refractivity contribution in [3.63, 3.8) is 0 Å². The van der Waals surface area contributed by atoms with Crippen molar-refractivity contribution in [1.82, 2.24) is 0 Å². The van der Waals surface area contributed by atoms with E-state index >= 15 is 0 Å². The molecule has 31 heavy (non-hydrogen) atoms. The zero-order valence-corrected chi connectivity index (χ0v) is 18.3. The van der Waals surface area contributed by atoms with E-state index in [1.165, 1.54) is 12.1 Å². The average Bonchev–Trinajstić information content (AvgIpc) is 2.73. The van der Waals surface area contributed by atoms with Crippen LogP contribution in [0.4, 0.5) is 11.4 Å². The number of anilines is 2. The molecular weight excluding hydrogens is 416 g/mol. The van der Waals surface area contributed by atoms with Gasteiger partial charge in [-0.05, 0) is 49.2 Å². The van der Waals surface area contributed by atoms with Gasteiger partial charge in [0, 0.05) is 13.2 Å². The van der Waals surface area contributed by atoms with Gasteiger partial charge in [-0.3, -0.25) is 4.72 Å². The Morgan fingerprint density at radius 1 is 1.00 bits per heavy atom. The van der Waals surface area contributed by atoms with Crippen LogP contribution >= 0.6 is 0 Å². The normalized spacial score (nSPS) is 11.6. The van der Waals surface area contributed by atoms with Crippen LogP contribution in [-0.2, 0) is 14.8 Å². The maximum absolute atomic E-state index is 13.1. The van der Waals surface area contributed by atoms with E-state index in [-0.39, 0.29) is 22.3 Å². The number of ether oxygens (including phenoxy) is 1. The second-order valence-electron chi connectivity index (χ2n) is 7.32. The van der Waals surface area contributed by atoms with E-state index < -0.39 is 16.0 Å². The third-order valence-corrected chi connectivity index (χ3v) is 6.08. The summed E-state index contributed by atoms with van der Waals surface area (Å²) < 4.78 is 34.2. The number of carboxylic acid groups (broad SMARTS) is 1. The van der Waals surface area contributed by atoms with Crippen molar-refractivity contribution in [3.05, 3.63) is 66.2 Å². The molecule has 8 heteroatoms. The number of carbonyl (C=O) groups is 1. The summed E-state index contributed by atoms with van der Waals surface area (Å²) in [5, 5.41) is 14.0. The third-order valence-electron chi connectivity index (χ3n) is 4.65. The molecule has 0 saturated heterocycles. The molecule has 3 aromatic rings. The Kier molecular flexibility index (Phi) is 7.14. The molecule has 0 aliphatic heterocycles. The van der Waals surface area contributed by atoms with Crippen LogP contribution in [0.15, 0.2) is 65.6 Å². The van der Waals surface area contributed by atoms with Crippen molar-refractivity contribution in [2.24, 2.45) is 0 Å². The van der Waals surface area contributed by atoms with E-state index in [2.05, 4.69) is 10.0 Å². The van der Waals surface area contributed by atoms with Gasteiger partial charge in [-0.15, -0.1) is 0 Å². The zero-order chi connectivity index (χ0) is 22.4. The molecule has 0 aliphatic rings.